The minimum atomic E-state index is -4.48. The van der Waals surface area contributed by atoms with Gasteiger partial charge in [-0.15, -0.1) is 0 Å². The second-order valence-corrected chi connectivity index (χ2v) is 4.66. The fourth-order valence-corrected chi connectivity index (χ4v) is 2.04. The summed E-state index contributed by atoms with van der Waals surface area (Å²) < 4.78 is 38.2. The first kappa shape index (κ1) is 16.8. The molecule has 9 heteroatoms. The molecule has 1 radical (unpaired) electrons. The van der Waals surface area contributed by atoms with Gasteiger partial charge in [0.15, 0.2) is 0 Å². The number of hydrogen-bond donors (Lipinski definition) is 3. The van der Waals surface area contributed by atoms with Gasteiger partial charge in [-0.1, -0.05) is 12.9 Å². The molecule has 0 amide bonds. The van der Waals surface area contributed by atoms with E-state index in [-0.39, 0.29) is 11.6 Å². The lowest BCUT2D eigenvalue weighted by Crippen LogP contribution is -2.11. The fraction of sp³-hybridized carbons (Fsp3) is 0.214. The predicted molar refractivity (Wildman–Crippen MR) is 84.6 cm³/mol. The molecule has 0 saturated carbocycles. The van der Waals surface area contributed by atoms with E-state index < -0.39 is 11.7 Å². The first-order valence-electron chi connectivity index (χ1n) is 6.72. The number of nitrogens with one attached hydrogen (secondary N) is 3. The topological polar surface area (TPSA) is 73.7 Å². The van der Waals surface area contributed by atoms with Crippen molar-refractivity contribution in [3.63, 3.8) is 0 Å². The van der Waals surface area contributed by atoms with Gasteiger partial charge in [-0.2, -0.15) is 13.2 Å². The molecule has 1 aromatic carbocycles. The standard InChI is InChI=1S/C14H14BF3N5/c1-8-10(14(16,17)18)7-20-13(21-8)22-11-4-3-5-12(23-15-2)9(11)6-19/h3-7,19,23H,1-2H3,(H,20,21,22). The van der Waals surface area contributed by atoms with Crippen molar-refractivity contribution in [1.29, 1.82) is 5.41 Å². The Hall–Kier alpha value is -2.58. The van der Waals surface area contributed by atoms with Crippen LogP contribution in [0.1, 0.15) is 16.8 Å². The van der Waals surface area contributed by atoms with E-state index in [0.29, 0.717) is 16.9 Å². The highest BCUT2D eigenvalue weighted by Crippen LogP contribution is 2.31. The van der Waals surface area contributed by atoms with Crippen molar-refractivity contribution in [3.8, 4) is 0 Å². The van der Waals surface area contributed by atoms with E-state index in [9.17, 15) is 13.2 Å². The molecule has 0 fully saturated rings. The van der Waals surface area contributed by atoms with Gasteiger partial charge in [-0.05, 0) is 19.1 Å². The molecule has 0 unspecified atom stereocenters. The highest BCUT2D eigenvalue weighted by molar-refractivity contribution is 6.39. The van der Waals surface area contributed by atoms with Crippen LogP contribution in [0.2, 0.25) is 6.82 Å². The van der Waals surface area contributed by atoms with Gasteiger partial charge in [0.05, 0.1) is 16.9 Å². The first-order valence-corrected chi connectivity index (χ1v) is 6.72. The van der Waals surface area contributed by atoms with Gasteiger partial charge in [0.1, 0.15) is 0 Å². The number of alkyl halides is 3. The molecule has 5 nitrogen and oxygen atoms in total. The second-order valence-electron chi connectivity index (χ2n) is 4.66. The van der Waals surface area contributed by atoms with E-state index >= 15 is 0 Å². The maximum absolute atomic E-state index is 12.7. The number of hydrogen-bond acceptors (Lipinski definition) is 5. The van der Waals surface area contributed by atoms with E-state index in [1.54, 1.807) is 32.4 Å². The van der Waals surface area contributed by atoms with Gasteiger partial charge in [-0.3, -0.25) is 0 Å². The molecule has 1 aromatic heterocycles. The summed E-state index contributed by atoms with van der Waals surface area (Å²) in [6, 6.07) is 5.22. The number of aryl methyl sites for hydroxylation is 1. The largest absolute Gasteiger partial charge is 0.432 e. The van der Waals surface area contributed by atoms with Crippen LogP contribution in [0.15, 0.2) is 24.4 Å². The summed E-state index contributed by atoms with van der Waals surface area (Å²) in [6.07, 6.45) is -2.59. The molecule has 0 aliphatic rings. The maximum atomic E-state index is 12.7. The predicted octanol–water partition coefficient (Wildman–Crippen LogP) is 3.62. The van der Waals surface area contributed by atoms with Crippen LogP contribution in [-0.2, 0) is 6.18 Å². The Morgan fingerprint density at radius 3 is 2.52 bits per heavy atom. The normalized spacial score (nSPS) is 11.0. The molecular formula is C14H14BF3N5. The first-order chi connectivity index (χ1) is 10.9. The Kier molecular flexibility index (Phi) is 4.87. The Bertz CT molecular complexity index is 718. The summed E-state index contributed by atoms with van der Waals surface area (Å²) in [4.78, 5) is 7.55. The van der Waals surface area contributed by atoms with Crippen LogP contribution in [0.5, 0.6) is 0 Å². The number of nitrogens with zero attached hydrogens (tertiary/aromatic N) is 2. The van der Waals surface area contributed by atoms with Crippen molar-refractivity contribution >= 4 is 31.0 Å². The third-order valence-electron chi connectivity index (χ3n) is 3.08. The number of rotatable bonds is 5. The zero-order valence-corrected chi connectivity index (χ0v) is 12.5. The third-order valence-corrected chi connectivity index (χ3v) is 3.08. The van der Waals surface area contributed by atoms with Crippen molar-refractivity contribution in [1.82, 2.24) is 9.97 Å². The molecule has 119 valence electrons. The van der Waals surface area contributed by atoms with Crippen LogP contribution in [0, 0.1) is 12.3 Å². The summed E-state index contributed by atoms with van der Waals surface area (Å²) in [6.45, 7) is 3.08. The Balaban J connectivity index is 2.35. The fourth-order valence-electron chi connectivity index (χ4n) is 2.04. The van der Waals surface area contributed by atoms with Gasteiger partial charge in [0, 0.05) is 23.7 Å². The van der Waals surface area contributed by atoms with Crippen LogP contribution in [0.4, 0.5) is 30.5 Å². The van der Waals surface area contributed by atoms with E-state index in [0.717, 1.165) is 12.4 Å². The Morgan fingerprint density at radius 1 is 1.26 bits per heavy atom. The molecule has 23 heavy (non-hydrogen) atoms. The zero-order valence-electron chi connectivity index (χ0n) is 12.5. The average molecular weight is 320 g/mol. The smallest absolute Gasteiger partial charge is 0.419 e. The third kappa shape index (κ3) is 3.79. The van der Waals surface area contributed by atoms with Crippen molar-refractivity contribution in [3.05, 3.63) is 41.2 Å². The van der Waals surface area contributed by atoms with Crippen LogP contribution in [0.3, 0.4) is 0 Å². The quantitative estimate of drug-likeness (QED) is 0.581. The summed E-state index contributed by atoms with van der Waals surface area (Å²) in [5.74, 6) is 0.0382. The lowest BCUT2D eigenvalue weighted by atomic mass is 9.98. The van der Waals surface area contributed by atoms with Gasteiger partial charge in [-0.25, -0.2) is 9.97 Å². The molecule has 0 bridgehead atoms. The van der Waals surface area contributed by atoms with Gasteiger partial charge >= 0.3 is 6.18 Å². The van der Waals surface area contributed by atoms with Crippen molar-refractivity contribution in [2.75, 3.05) is 10.5 Å². The van der Waals surface area contributed by atoms with Gasteiger partial charge in [0.2, 0.25) is 13.4 Å². The average Bonchev–Trinajstić information content (AvgIpc) is 2.46. The summed E-state index contributed by atoms with van der Waals surface area (Å²) in [7, 11) is 1.71. The van der Waals surface area contributed by atoms with E-state index in [1.807, 2.05) is 0 Å². The van der Waals surface area contributed by atoms with Crippen molar-refractivity contribution in [2.45, 2.75) is 19.9 Å². The highest BCUT2D eigenvalue weighted by Gasteiger charge is 2.33. The maximum Gasteiger partial charge on any atom is 0.419 e. The summed E-state index contributed by atoms with van der Waals surface area (Å²) in [5.41, 5.74) is 0.725. The van der Waals surface area contributed by atoms with Gasteiger partial charge in [0.25, 0.3) is 0 Å². The molecule has 2 rings (SSSR count). The van der Waals surface area contributed by atoms with Gasteiger partial charge < -0.3 is 16.0 Å². The molecule has 1 heterocycles. The molecule has 2 aromatic rings. The molecule has 0 aliphatic carbocycles. The molecular weight excluding hydrogens is 306 g/mol. The molecule has 0 spiro atoms. The minimum absolute atomic E-state index is 0.0382. The monoisotopic (exact) mass is 320 g/mol. The Morgan fingerprint density at radius 2 is 1.96 bits per heavy atom. The molecule has 0 saturated heterocycles. The number of anilines is 3. The Labute approximate surface area is 132 Å². The number of benzene rings is 1. The molecule has 0 aliphatic heterocycles. The summed E-state index contributed by atoms with van der Waals surface area (Å²) in [5, 5.41) is 13.4. The number of aromatic nitrogens is 2. The van der Waals surface area contributed by atoms with Crippen molar-refractivity contribution < 1.29 is 13.2 Å². The van der Waals surface area contributed by atoms with E-state index in [1.165, 1.54) is 6.92 Å². The highest BCUT2D eigenvalue weighted by atomic mass is 19.4. The van der Waals surface area contributed by atoms with Crippen LogP contribution in [-0.4, -0.2) is 23.6 Å². The zero-order chi connectivity index (χ0) is 17.0. The van der Waals surface area contributed by atoms with Crippen LogP contribution >= 0.6 is 0 Å². The van der Waals surface area contributed by atoms with Crippen LogP contribution < -0.4 is 10.5 Å². The lowest BCUT2D eigenvalue weighted by molar-refractivity contribution is -0.138. The van der Waals surface area contributed by atoms with E-state index in [4.69, 9.17) is 5.41 Å². The van der Waals surface area contributed by atoms with E-state index in [2.05, 4.69) is 20.5 Å². The van der Waals surface area contributed by atoms with Crippen molar-refractivity contribution in [2.24, 2.45) is 0 Å². The van der Waals surface area contributed by atoms with Crippen LogP contribution in [0.25, 0.3) is 0 Å². The SMILES string of the molecule is C[B]Nc1cccc(Nc2ncc(C(F)(F)F)c(C)n2)c1C=N. The number of halogens is 3. The second kappa shape index (κ2) is 6.68. The molecule has 0 atom stereocenters. The molecule has 3 N–H and O–H groups in total. The summed E-state index contributed by atoms with van der Waals surface area (Å²) >= 11 is 0. The minimum Gasteiger partial charge on any atom is -0.432 e. The lowest BCUT2D eigenvalue weighted by Gasteiger charge is -2.14.